The van der Waals surface area contributed by atoms with Crippen LogP contribution >= 0.6 is 0 Å². The van der Waals surface area contributed by atoms with Crippen molar-refractivity contribution in [3.63, 3.8) is 0 Å². The lowest BCUT2D eigenvalue weighted by atomic mass is 10.1. The second-order valence-electron chi connectivity index (χ2n) is 5.78. The van der Waals surface area contributed by atoms with Crippen molar-refractivity contribution in [1.29, 1.82) is 0 Å². The lowest BCUT2D eigenvalue weighted by Crippen LogP contribution is -2.50. The van der Waals surface area contributed by atoms with Gasteiger partial charge >= 0.3 is 6.03 Å². The molecular formula is C16H19N3O4. The zero-order valence-corrected chi connectivity index (χ0v) is 12.9. The number of imide groups is 1. The van der Waals surface area contributed by atoms with Crippen LogP contribution in [0.25, 0.3) is 0 Å². The maximum absolute atomic E-state index is 12.5. The zero-order chi connectivity index (χ0) is 16.4. The van der Waals surface area contributed by atoms with Crippen LogP contribution in [0.4, 0.5) is 4.79 Å². The van der Waals surface area contributed by atoms with E-state index in [4.69, 9.17) is 4.74 Å². The molecule has 0 radical (unpaired) electrons. The van der Waals surface area contributed by atoms with E-state index in [0.29, 0.717) is 13.1 Å². The number of nitrogens with zero attached hydrogens (tertiary/aromatic N) is 2. The van der Waals surface area contributed by atoms with Crippen molar-refractivity contribution in [3.05, 3.63) is 35.9 Å². The number of amides is 4. The maximum Gasteiger partial charge on any atom is 0.325 e. The third kappa shape index (κ3) is 3.34. The lowest BCUT2D eigenvalue weighted by molar-refractivity contribution is -0.147. The van der Waals surface area contributed by atoms with E-state index in [0.717, 1.165) is 10.5 Å². The van der Waals surface area contributed by atoms with E-state index >= 15 is 0 Å². The Morgan fingerprint density at radius 1 is 1.26 bits per heavy atom. The molecule has 2 fully saturated rings. The Hall–Kier alpha value is -2.41. The van der Waals surface area contributed by atoms with Crippen LogP contribution in [0, 0.1) is 0 Å². The van der Waals surface area contributed by atoms with Crippen LogP contribution in [0.1, 0.15) is 18.6 Å². The van der Waals surface area contributed by atoms with Gasteiger partial charge in [-0.25, -0.2) is 4.79 Å². The van der Waals surface area contributed by atoms with Crippen LogP contribution in [0.15, 0.2) is 30.3 Å². The maximum atomic E-state index is 12.5. The van der Waals surface area contributed by atoms with Crippen LogP contribution in [-0.4, -0.2) is 59.9 Å². The minimum absolute atomic E-state index is 0.0434. The molecule has 4 amide bonds. The molecular weight excluding hydrogens is 298 g/mol. The molecule has 0 spiro atoms. The van der Waals surface area contributed by atoms with Gasteiger partial charge < -0.3 is 15.0 Å². The summed E-state index contributed by atoms with van der Waals surface area (Å²) in [5, 5.41) is 2.41. The van der Waals surface area contributed by atoms with Crippen molar-refractivity contribution < 1.29 is 19.1 Å². The van der Waals surface area contributed by atoms with Gasteiger partial charge in [0.25, 0.3) is 5.91 Å². The molecule has 2 unspecified atom stereocenters. The van der Waals surface area contributed by atoms with Crippen molar-refractivity contribution in [1.82, 2.24) is 15.1 Å². The molecule has 2 aliphatic rings. The first-order valence-corrected chi connectivity index (χ1v) is 7.61. The predicted octanol–water partition coefficient (Wildman–Crippen LogP) is 0.527. The monoisotopic (exact) mass is 317 g/mol. The second-order valence-corrected chi connectivity index (χ2v) is 5.78. The summed E-state index contributed by atoms with van der Waals surface area (Å²) in [6.45, 7) is 2.50. The van der Waals surface area contributed by atoms with E-state index in [1.54, 1.807) is 4.90 Å². The van der Waals surface area contributed by atoms with Gasteiger partial charge in [-0.2, -0.15) is 0 Å². The fourth-order valence-electron chi connectivity index (χ4n) is 2.86. The van der Waals surface area contributed by atoms with Crippen LogP contribution in [-0.2, 0) is 14.3 Å². The van der Waals surface area contributed by atoms with Gasteiger partial charge in [-0.15, -0.1) is 0 Å². The van der Waals surface area contributed by atoms with Gasteiger partial charge in [-0.05, 0) is 12.5 Å². The average Bonchev–Trinajstić information content (AvgIpc) is 2.87. The van der Waals surface area contributed by atoms with E-state index < -0.39 is 6.03 Å². The predicted molar refractivity (Wildman–Crippen MR) is 81.4 cm³/mol. The Balaban J connectivity index is 1.68. The number of hydrogen-bond donors (Lipinski definition) is 1. The summed E-state index contributed by atoms with van der Waals surface area (Å²) >= 11 is 0. The molecule has 0 saturated carbocycles. The zero-order valence-electron chi connectivity index (χ0n) is 12.9. The molecule has 1 aromatic carbocycles. The standard InChI is InChI=1S/C16H19N3O4/c1-11-8-18(9-13(23-11)12-5-3-2-4-6-12)15(21)10-19-14(20)7-17-16(19)22/h2-6,11,13H,7-10H2,1H3,(H,17,22). The van der Waals surface area contributed by atoms with Gasteiger partial charge in [-0.1, -0.05) is 30.3 Å². The van der Waals surface area contributed by atoms with Crippen molar-refractivity contribution in [3.8, 4) is 0 Å². The minimum atomic E-state index is -0.510. The smallest absolute Gasteiger partial charge is 0.325 e. The van der Waals surface area contributed by atoms with Gasteiger partial charge in [0, 0.05) is 6.54 Å². The highest BCUT2D eigenvalue weighted by molar-refractivity contribution is 6.04. The highest BCUT2D eigenvalue weighted by atomic mass is 16.5. The molecule has 7 heteroatoms. The molecule has 122 valence electrons. The Bertz CT molecular complexity index is 603. The third-order valence-electron chi connectivity index (χ3n) is 4.01. The van der Waals surface area contributed by atoms with Crippen LogP contribution in [0.3, 0.4) is 0 Å². The molecule has 2 aliphatic heterocycles. The molecule has 23 heavy (non-hydrogen) atoms. The van der Waals surface area contributed by atoms with E-state index in [1.165, 1.54) is 0 Å². The summed E-state index contributed by atoms with van der Waals surface area (Å²) in [5.41, 5.74) is 1.01. The minimum Gasteiger partial charge on any atom is -0.367 e. The number of benzene rings is 1. The first kappa shape index (κ1) is 15.5. The highest BCUT2D eigenvalue weighted by Gasteiger charge is 2.34. The number of urea groups is 1. The van der Waals surface area contributed by atoms with Crippen LogP contribution in [0.5, 0.6) is 0 Å². The molecule has 1 aromatic rings. The Labute approximate surface area is 134 Å². The molecule has 7 nitrogen and oxygen atoms in total. The average molecular weight is 317 g/mol. The first-order chi connectivity index (χ1) is 11.0. The molecule has 2 saturated heterocycles. The number of ether oxygens (including phenoxy) is 1. The number of rotatable bonds is 3. The van der Waals surface area contributed by atoms with E-state index in [1.807, 2.05) is 37.3 Å². The first-order valence-electron chi connectivity index (χ1n) is 7.61. The molecule has 0 bridgehead atoms. The van der Waals surface area contributed by atoms with Gasteiger partial charge in [0.1, 0.15) is 12.6 Å². The van der Waals surface area contributed by atoms with Crippen LogP contribution < -0.4 is 5.32 Å². The Morgan fingerprint density at radius 2 is 2.00 bits per heavy atom. The molecule has 2 atom stereocenters. The molecule has 0 aromatic heterocycles. The lowest BCUT2D eigenvalue weighted by Gasteiger charge is -2.37. The number of carbonyl (C=O) groups is 3. The van der Waals surface area contributed by atoms with E-state index in [2.05, 4.69) is 5.32 Å². The van der Waals surface area contributed by atoms with Gasteiger partial charge in [-0.3, -0.25) is 14.5 Å². The number of nitrogens with one attached hydrogen (secondary N) is 1. The molecule has 1 N–H and O–H groups in total. The fraction of sp³-hybridized carbons (Fsp3) is 0.438. The molecule has 3 rings (SSSR count). The number of carbonyl (C=O) groups excluding carboxylic acids is 3. The van der Waals surface area contributed by atoms with Gasteiger partial charge in [0.05, 0.1) is 19.2 Å². The van der Waals surface area contributed by atoms with Crippen molar-refractivity contribution in [2.75, 3.05) is 26.2 Å². The second kappa shape index (κ2) is 6.37. The summed E-state index contributed by atoms with van der Waals surface area (Å²) in [6.07, 6.45) is -0.312. The largest absolute Gasteiger partial charge is 0.367 e. The topological polar surface area (TPSA) is 79.0 Å². The van der Waals surface area contributed by atoms with E-state index in [9.17, 15) is 14.4 Å². The van der Waals surface area contributed by atoms with Gasteiger partial charge in [0.15, 0.2) is 0 Å². The van der Waals surface area contributed by atoms with Crippen molar-refractivity contribution in [2.24, 2.45) is 0 Å². The van der Waals surface area contributed by atoms with Crippen LogP contribution in [0.2, 0.25) is 0 Å². The molecule has 0 aliphatic carbocycles. The third-order valence-corrected chi connectivity index (χ3v) is 4.01. The molecule has 2 heterocycles. The summed E-state index contributed by atoms with van der Waals surface area (Å²) in [5.74, 6) is -0.615. The number of morpholine rings is 1. The summed E-state index contributed by atoms with van der Waals surface area (Å²) in [4.78, 5) is 38.2. The number of hydrogen-bond acceptors (Lipinski definition) is 4. The fourth-order valence-corrected chi connectivity index (χ4v) is 2.86. The van der Waals surface area contributed by atoms with Gasteiger partial charge in [0.2, 0.25) is 5.91 Å². The SMILES string of the molecule is CC1CN(C(=O)CN2C(=O)CNC2=O)CC(c2ccccc2)O1. The summed E-state index contributed by atoms with van der Waals surface area (Å²) in [6, 6.07) is 9.20. The summed E-state index contributed by atoms with van der Waals surface area (Å²) < 4.78 is 5.91. The van der Waals surface area contributed by atoms with Crippen molar-refractivity contribution >= 4 is 17.8 Å². The Morgan fingerprint density at radius 3 is 2.65 bits per heavy atom. The summed E-state index contributed by atoms with van der Waals surface area (Å²) in [7, 11) is 0. The quantitative estimate of drug-likeness (QED) is 0.825. The highest BCUT2D eigenvalue weighted by Crippen LogP contribution is 2.25. The normalized spacial score (nSPS) is 24.7. The Kier molecular flexibility index (Phi) is 4.29. The van der Waals surface area contributed by atoms with E-state index in [-0.39, 0.29) is 37.1 Å². The van der Waals surface area contributed by atoms with Crippen molar-refractivity contribution in [2.45, 2.75) is 19.1 Å².